The number of hydrogen-bond donors (Lipinski definition) is 1. The summed E-state index contributed by atoms with van der Waals surface area (Å²) < 4.78 is 18.6. The molecule has 6 heteroatoms. The van der Waals surface area contributed by atoms with Crippen LogP contribution >= 0.6 is 12.4 Å². The first kappa shape index (κ1) is 16.9. The van der Waals surface area contributed by atoms with Gasteiger partial charge in [-0.25, -0.2) is 4.39 Å². The lowest BCUT2D eigenvalue weighted by atomic mass is 10.1. The molecule has 2 atom stereocenters. The number of carbonyl (C=O) groups excluding carboxylic acids is 1. The highest BCUT2D eigenvalue weighted by Gasteiger charge is 2.31. The standard InChI is InChI=1S/C14H19FN2O2.ClH/c1-17(9-10-3-2-4-11(15)7-10)14(18)13-6-5-12(8-16)19-13;/h2-4,7,12-13H,5-6,8-9,16H2,1H3;1H/t12-,13+;/m1./s1. The first-order valence-corrected chi connectivity index (χ1v) is 6.45. The van der Waals surface area contributed by atoms with E-state index in [-0.39, 0.29) is 30.2 Å². The van der Waals surface area contributed by atoms with E-state index < -0.39 is 6.10 Å². The average molecular weight is 303 g/mol. The summed E-state index contributed by atoms with van der Waals surface area (Å²) in [5, 5.41) is 0. The summed E-state index contributed by atoms with van der Waals surface area (Å²) in [6.45, 7) is 0.821. The van der Waals surface area contributed by atoms with E-state index in [0.717, 1.165) is 12.0 Å². The van der Waals surface area contributed by atoms with Crippen LogP contribution in [0.25, 0.3) is 0 Å². The van der Waals surface area contributed by atoms with Crippen LogP contribution in [0.5, 0.6) is 0 Å². The highest BCUT2D eigenvalue weighted by Crippen LogP contribution is 2.21. The normalized spacial score (nSPS) is 21.4. The van der Waals surface area contributed by atoms with Crippen molar-refractivity contribution in [2.45, 2.75) is 31.6 Å². The van der Waals surface area contributed by atoms with Crippen molar-refractivity contribution >= 4 is 18.3 Å². The van der Waals surface area contributed by atoms with Crippen LogP contribution in [0.2, 0.25) is 0 Å². The van der Waals surface area contributed by atoms with Gasteiger partial charge in [-0.1, -0.05) is 12.1 Å². The SMILES string of the molecule is CN(Cc1cccc(F)c1)C(=O)[C@@H]1CC[C@H](CN)O1.Cl. The summed E-state index contributed by atoms with van der Waals surface area (Å²) in [5.74, 6) is -0.362. The minimum Gasteiger partial charge on any atom is -0.364 e. The monoisotopic (exact) mass is 302 g/mol. The quantitative estimate of drug-likeness (QED) is 0.921. The Labute approximate surface area is 124 Å². The highest BCUT2D eigenvalue weighted by molar-refractivity contribution is 5.85. The van der Waals surface area contributed by atoms with Crippen molar-refractivity contribution in [3.63, 3.8) is 0 Å². The minimum absolute atomic E-state index is 0. The van der Waals surface area contributed by atoms with Gasteiger partial charge in [0.15, 0.2) is 0 Å². The van der Waals surface area contributed by atoms with Crippen LogP contribution in [0, 0.1) is 5.82 Å². The minimum atomic E-state index is -0.410. The third kappa shape index (κ3) is 4.16. The van der Waals surface area contributed by atoms with Crippen LogP contribution in [-0.4, -0.2) is 36.6 Å². The predicted molar refractivity (Wildman–Crippen MR) is 77.1 cm³/mol. The van der Waals surface area contributed by atoms with E-state index in [0.29, 0.717) is 19.5 Å². The van der Waals surface area contributed by atoms with E-state index in [4.69, 9.17) is 10.5 Å². The average Bonchev–Trinajstić information content (AvgIpc) is 2.86. The fourth-order valence-electron chi connectivity index (χ4n) is 2.29. The van der Waals surface area contributed by atoms with Gasteiger partial charge in [-0.3, -0.25) is 4.79 Å². The van der Waals surface area contributed by atoms with Gasteiger partial charge in [0, 0.05) is 20.1 Å². The molecule has 0 saturated carbocycles. The van der Waals surface area contributed by atoms with Gasteiger partial charge in [-0.05, 0) is 30.5 Å². The maximum Gasteiger partial charge on any atom is 0.251 e. The molecular weight excluding hydrogens is 283 g/mol. The van der Waals surface area contributed by atoms with Gasteiger partial charge >= 0.3 is 0 Å². The molecule has 2 N–H and O–H groups in total. The Kier molecular flexibility index (Phi) is 6.39. The summed E-state index contributed by atoms with van der Waals surface area (Å²) in [7, 11) is 1.70. The Hall–Kier alpha value is -1.17. The Morgan fingerprint density at radius 1 is 1.50 bits per heavy atom. The molecular formula is C14H20ClFN2O2. The van der Waals surface area contributed by atoms with Gasteiger partial charge in [0.2, 0.25) is 0 Å². The number of likely N-dealkylation sites (N-methyl/N-ethyl adjacent to an activating group) is 1. The first-order chi connectivity index (χ1) is 9.10. The van der Waals surface area contributed by atoms with Crippen LogP contribution in [0.15, 0.2) is 24.3 Å². The molecule has 0 radical (unpaired) electrons. The molecule has 1 aromatic rings. The van der Waals surface area contributed by atoms with Gasteiger partial charge in [-0.2, -0.15) is 0 Å². The smallest absolute Gasteiger partial charge is 0.251 e. The molecule has 112 valence electrons. The van der Waals surface area contributed by atoms with Gasteiger partial charge in [-0.15, -0.1) is 12.4 Å². The third-order valence-corrected chi connectivity index (χ3v) is 3.33. The molecule has 1 aliphatic rings. The number of amides is 1. The molecule has 0 aromatic heterocycles. The van der Waals surface area contributed by atoms with Crippen molar-refractivity contribution in [3.8, 4) is 0 Å². The topological polar surface area (TPSA) is 55.6 Å². The van der Waals surface area contributed by atoms with Crippen LogP contribution in [0.1, 0.15) is 18.4 Å². The van der Waals surface area contributed by atoms with Crippen molar-refractivity contribution in [2.24, 2.45) is 5.73 Å². The van der Waals surface area contributed by atoms with Crippen molar-refractivity contribution in [1.29, 1.82) is 0 Å². The molecule has 1 saturated heterocycles. The third-order valence-electron chi connectivity index (χ3n) is 3.33. The number of nitrogens with two attached hydrogens (primary N) is 1. The van der Waals surface area contributed by atoms with Crippen molar-refractivity contribution in [1.82, 2.24) is 4.90 Å². The lowest BCUT2D eigenvalue weighted by Gasteiger charge is -2.21. The molecule has 1 heterocycles. The van der Waals surface area contributed by atoms with Gasteiger partial charge in [0.25, 0.3) is 5.91 Å². The van der Waals surface area contributed by atoms with E-state index in [2.05, 4.69) is 0 Å². The van der Waals surface area contributed by atoms with Crippen molar-refractivity contribution < 1.29 is 13.9 Å². The number of nitrogens with zero attached hydrogens (tertiary/aromatic N) is 1. The van der Waals surface area contributed by atoms with E-state index in [1.54, 1.807) is 24.1 Å². The maximum atomic E-state index is 13.1. The molecule has 1 amide bonds. The second kappa shape index (κ2) is 7.57. The van der Waals surface area contributed by atoms with Crippen molar-refractivity contribution in [2.75, 3.05) is 13.6 Å². The van der Waals surface area contributed by atoms with Gasteiger partial charge in [0.1, 0.15) is 11.9 Å². The molecule has 4 nitrogen and oxygen atoms in total. The maximum absolute atomic E-state index is 13.1. The van der Waals surface area contributed by atoms with Gasteiger partial charge < -0.3 is 15.4 Å². The zero-order valence-electron chi connectivity index (χ0n) is 11.4. The van der Waals surface area contributed by atoms with Crippen LogP contribution in [0.3, 0.4) is 0 Å². The fraction of sp³-hybridized carbons (Fsp3) is 0.500. The zero-order valence-corrected chi connectivity index (χ0v) is 12.2. The van der Waals surface area contributed by atoms with E-state index in [9.17, 15) is 9.18 Å². The predicted octanol–water partition coefficient (Wildman–Crippen LogP) is 1.71. The molecule has 0 unspecified atom stereocenters. The molecule has 1 fully saturated rings. The Morgan fingerprint density at radius 3 is 2.85 bits per heavy atom. The van der Waals surface area contributed by atoms with E-state index in [1.807, 2.05) is 0 Å². The second-order valence-corrected chi connectivity index (χ2v) is 4.88. The lowest BCUT2D eigenvalue weighted by molar-refractivity contribution is -0.141. The van der Waals surface area contributed by atoms with Crippen LogP contribution in [-0.2, 0) is 16.1 Å². The van der Waals surface area contributed by atoms with Gasteiger partial charge in [0.05, 0.1) is 6.10 Å². The summed E-state index contributed by atoms with van der Waals surface area (Å²) in [6.07, 6.45) is 1.10. The number of carbonyl (C=O) groups is 1. The van der Waals surface area contributed by atoms with E-state index in [1.165, 1.54) is 12.1 Å². The largest absolute Gasteiger partial charge is 0.364 e. The Morgan fingerprint density at radius 2 is 2.25 bits per heavy atom. The Bertz CT molecular complexity index is 459. The summed E-state index contributed by atoms with van der Waals surface area (Å²) in [6, 6.07) is 6.25. The molecule has 2 rings (SSSR count). The number of halogens is 2. The summed E-state index contributed by atoms with van der Waals surface area (Å²) in [4.78, 5) is 13.7. The number of rotatable bonds is 4. The van der Waals surface area contributed by atoms with Crippen molar-refractivity contribution in [3.05, 3.63) is 35.6 Å². The summed E-state index contributed by atoms with van der Waals surface area (Å²) in [5.41, 5.74) is 6.29. The van der Waals surface area contributed by atoms with E-state index >= 15 is 0 Å². The molecule has 1 aliphatic heterocycles. The number of ether oxygens (including phenoxy) is 1. The number of hydrogen-bond acceptors (Lipinski definition) is 3. The summed E-state index contributed by atoms with van der Waals surface area (Å²) >= 11 is 0. The zero-order chi connectivity index (χ0) is 13.8. The fourth-order valence-corrected chi connectivity index (χ4v) is 2.29. The molecule has 0 spiro atoms. The Balaban J connectivity index is 0.00000200. The first-order valence-electron chi connectivity index (χ1n) is 6.45. The second-order valence-electron chi connectivity index (χ2n) is 4.88. The number of benzene rings is 1. The molecule has 0 aliphatic carbocycles. The van der Waals surface area contributed by atoms with Crippen LogP contribution < -0.4 is 5.73 Å². The highest BCUT2D eigenvalue weighted by atomic mass is 35.5. The molecule has 0 bridgehead atoms. The van der Waals surface area contributed by atoms with Crippen LogP contribution in [0.4, 0.5) is 4.39 Å². The lowest BCUT2D eigenvalue weighted by Crippen LogP contribution is -2.36. The molecule has 1 aromatic carbocycles. The molecule has 20 heavy (non-hydrogen) atoms.